The van der Waals surface area contributed by atoms with Crippen molar-refractivity contribution in [2.75, 3.05) is 18.0 Å². The first-order valence-corrected chi connectivity index (χ1v) is 12.2. The van der Waals surface area contributed by atoms with Gasteiger partial charge in [-0.15, -0.1) is 0 Å². The van der Waals surface area contributed by atoms with Crippen LogP contribution in [-0.4, -0.2) is 28.0 Å². The van der Waals surface area contributed by atoms with Gasteiger partial charge in [-0.3, -0.25) is 4.79 Å². The lowest BCUT2D eigenvalue weighted by Crippen LogP contribution is -2.37. The summed E-state index contributed by atoms with van der Waals surface area (Å²) < 4.78 is 38.5. The Balaban J connectivity index is 1.84. The van der Waals surface area contributed by atoms with Crippen LogP contribution in [0.1, 0.15) is 24.0 Å². The Morgan fingerprint density at radius 1 is 0.970 bits per heavy atom. The SMILES string of the molecule is COc1ccc(N(C(=O)CCCOc2cccc(C)c2)S(=O)(=O)c2ccc(C)cc2)cc1Cl. The molecule has 0 saturated heterocycles. The Bertz CT molecular complexity index is 1230. The molecule has 0 aliphatic heterocycles. The van der Waals surface area contributed by atoms with Gasteiger partial charge < -0.3 is 9.47 Å². The molecule has 0 heterocycles. The van der Waals surface area contributed by atoms with Gasteiger partial charge in [0.2, 0.25) is 5.91 Å². The van der Waals surface area contributed by atoms with E-state index in [0.29, 0.717) is 17.9 Å². The molecule has 0 unspecified atom stereocenters. The number of hydrogen-bond donors (Lipinski definition) is 0. The Labute approximate surface area is 199 Å². The lowest BCUT2D eigenvalue weighted by atomic mass is 10.2. The highest BCUT2D eigenvalue weighted by Crippen LogP contribution is 2.32. The number of methoxy groups -OCH3 is 1. The van der Waals surface area contributed by atoms with Gasteiger partial charge in [0.15, 0.2) is 0 Å². The molecular weight excluding hydrogens is 462 g/mol. The van der Waals surface area contributed by atoms with E-state index in [1.165, 1.54) is 37.4 Å². The summed E-state index contributed by atoms with van der Waals surface area (Å²) in [6.45, 7) is 4.10. The van der Waals surface area contributed by atoms with E-state index in [-0.39, 0.29) is 28.6 Å². The number of anilines is 1. The van der Waals surface area contributed by atoms with Gasteiger partial charge in [-0.05, 0) is 68.3 Å². The van der Waals surface area contributed by atoms with Crippen molar-refractivity contribution < 1.29 is 22.7 Å². The molecule has 0 spiro atoms. The number of benzene rings is 3. The van der Waals surface area contributed by atoms with Crippen LogP contribution in [0.3, 0.4) is 0 Å². The van der Waals surface area contributed by atoms with Crippen LogP contribution in [0.15, 0.2) is 71.6 Å². The van der Waals surface area contributed by atoms with Crippen molar-refractivity contribution in [2.45, 2.75) is 31.6 Å². The van der Waals surface area contributed by atoms with Gasteiger partial charge in [0.1, 0.15) is 11.5 Å². The van der Waals surface area contributed by atoms with E-state index in [1.807, 2.05) is 38.1 Å². The van der Waals surface area contributed by atoms with Crippen molar-refractivity contribution in [1.29, 1.82) is 0 Å². The average Bonchev–Trinajstić information content (AvgIpc) is 2.77. The van der Waals surface area contributed by atoms with Crippen LogP contribution >= 0.6 is 11.6 Å². The summed E-state index contributed by atoms with van der Waals surface area (Å²) >= 11 is 6.22. The number of rotatable bonds is 9. The summed E-state index contributed by atoms with van der Waals surface area (Å²) in [5, 5.41) is 0.203. The first-order chi connectivity index (χ1) is 15.7. The molecule has 0 radical (unpaired) electrons. The van der Waals surface area contributed by atoms with Crippen molar-refractivity contribution in [3.8, 4) is 11.5 Å². The molecule has 3 aromatic rings. The van der Waals surface area contributed by atoms with Crippen LogP contribution in [0.5, 0.6) is 11.5 Å². The molecule has 0 saturated carbocycles. The molecule has 0 aromatic heterocycles. The first-order valence-electron chi connectivity index (χ1n) is 10.4. The van der Waals surface area contributed by atoms with Gasteiger partial charge in [-0.2, -0.15) is 0 Å². The third kappa shape index (κ3) is 6.06. The molecule has 174 valence electrons. The summed E-state index contributed by atoms with van der Waals surface area (Å²) in [7, 11) is -2.70. The van der Waals surface area contributed by atoms with Crippen LogP contribution in [0.4, 0.5) is 5.69 Å². The van der Waals surface area contributed by atoms with Crippen molar-refractivity contribution in [1.82, 2.24) is 0 Å². The fourth-order valence-corrected chi connectivity index (χ4v) is 4.93. The Hall–Kier alpha value is -3.03. The summed E-state index contributed by atoms with van der Waals surface area (Å²) in [5.74, 6) is 0.505. The molecule has 0 atom stereocenters. The van der Waals surface area contributed by atoms with Gasteiger partial charge in [0.05, 0.1) is 29.3 Å². The maximum Gasteiger partial charge on any atom is 0.270 e. The van der Waals surface area contributed by atoms with Crippen LogP contribution < -0.4 is 13.8 Å². The number of carbonyl (C=O) groups excluding carboxylic acids is 1. The second-order valence-corrected chi connectivity index (χ2v) is 9.76. The second kappa shape index (κ2) is 10.7. The Kier molecular flexibility index (Phi) is 8.00. The predicted octanol–water partition coefficient (Wildman–Crippen LogP) is 5.55. The molecule has 6 nitrogen and oxygen atoms in total. The highest BCUT2D eigenvalue weighted by molar-refractivity contribution is 7.93. The third-order valence-electron chi connectivity index (χ3n) is 4.95. The molecule has 0 fully saturated rings. The number of nitrogens with zero attached hydrogens (tertiary/aromatic N) is 1. The van der Waals surface area contributed by atoms with Gasteiger partial charge in [-0.25, -0.2) is 12.7 Å². The normalized spacial score (nSPS) is 11.2. The summed E-state index contributed by atoms with van der Waals surface area (Å²) in [6, 6.07) is 18.4. The number of aryl methyl sites for hydroxylation is 2. The van der Waals surface area contributed by atoms with Gasteiger partial charge in [0.25, 0.3) is 10.0 Å². The number of hydrogen-bond acceptors (Lipinski definition) is 5. The second-order valence-electron chi connectivity index (χ2n) is 7.56. The predicted molar refractivity (Wildman–Crippen MR) is 130 cm³/mol. The van der Waals surface area contributed by atoms with E-state index in [9.17, 15) is 13.2 Å². The Morgan fingerprint density at radius 2 is 1.70 bits per heavy atom. The number of amides is 1. The van der Waals surface area contributed by atoms with Crippen LogP contribution in [0, 0.1) is 13.8 Å². The van der Waals surface area contributed by atoms with Crippen molar-refractivity contribution in [3.63, 3.8) is 0 Å². The quantitative estimate of drug-likeness (QED) is 0.370. The molecule has 0 bridgehead atoms. The largest absolute Gasteiger partial charge is 0.495 e. The average molecular weight is 488 g/mol. The minimum Gasteiger partial charge on any atom is -0.495 e. The molecule has 1 amide bonds. The summed E-state index contributed by atoms with van der Waals surface area (Å²) in [5.41, 5.74) is 2.12. The molecule has 0 aliphatic carbocycles. The zero-order valence-corrected chi connectivity index (χ0v) is 20.3. The summed E-state index contributed by atoms with van der Waals surface area (Å²) in [4.78, 5) is 13.2. The highest BCUT2D eigenvalue weighted by atomic mass is 35.5. The standard InChI is InChI=1S/C25H26ClNO5S/c1-18-9-12-22(13-10-18)33(29,30)27(20-11-14-24(31-3)23(26)17-20)25(28)8-5-15-32-21-7-4-6-19(2)16-21/h4,6-7,9-14,16-17H,5,8,15H2,1-3H3. The van der Waals surface area contributed by atoms with E-state index in [4.69, 9.17) is 21.1 Å². The van der Waals surface area contributed by atoms with Gasteiger partial charge in [-0.1, -0.05) is 41.4 Å². The molecule has 0 aliphatic rings. The Morgan fingerprint density at radius 3 is 2.33 bits per heavy atom. The van der Waals surface area contributed by atoms with Crippen molar-refractivity contribution in [2.24, 2.45) is 0 Å². The van der Waals surface area contributed by atoms with Crippen LogP contribution in [-0.2, 0) is 14.8 Å². The summed E-state index contributed by atoms with van der Waals surface area (Å²) in [6.07, 6.45) is 0.317. The van der Waals surface area contributed by atoms with Crippen LogP contribution in [0.2, 0.25) is 5.02 Å². The lowest BCUT2D eigenvalue weighted by Gasteiger charge is -2.23. The lowest BCUT2D eigenvalue weighted by molar-refractivity contribution is -0.117. The highest BCUT2D eigenvalue weighted by Gasteiger charge is 2.31. The molecule has 33 heavy (non-hydrogen) atoms. The van der Waals surface area contributed by atoms with Gasteiger partial charge >= 0.3 is 0 Å². The fourth-order valence-electron chi connectivity index (χ4n) is 3.23. The number of halogens is 1. The third-order valence-corrected chi connectivity index (χ3v) is 7.01. The molecule has 3 aromatic carbocycles. The fraction of sp³-hybridized carbons (Fsp3) is 0.240. The molecular formula is C25H26ClNO5S. The monoisotopic (exact) mass is 487 g/mol. The molecule has 3 rings (SSSR count). The maximum absolute atomic E-state index is 13.4. The first kappa shape index (κ1) is 24.6. The van der Waals surface area contributed by atoms with E-state index < -0.39 is 15.9 Å². The number of carbonyl (C=O) groups is 1. The molecule has 0 N–H and O–H groups in total. The van der Waals surface area contributed by atoms with Crippen molar-refractivity contribution >= 4 is 33.2 Å². The van der Waals surface area contributed by atoms with Gasteiger partial charge in [0, 0.05) is 6.42 Å². The van der Waals surface area contributed by atoms with E-state index in [2.05, 4.69) is 0 Å². The smallest absolute Gasteiger partial charge is 0.270 e. The zero-order valence-electron chi connectivity index (χ0n) is 18.7. The van der Waals surface area contributed by atoms with E-state index in [1.54, 1.807) is 12.1 Å². The van der Waals surface area contributed by atoms with Crippen molar-refractivity contribution in [3.05, 3.63) is 82.9 Å². The topological polar surface area (TPSA) is 72.9 Å². The van der Waals surface area contributed by atoms with E-state index >= 15 is 0 Å². The van der Waals surface area contributed by atoms with Crippen LogP contribution in [0.25, 0.3) is 0 Å². The maximum atomic E-state index is 13.4. The van der Waals surface area contributed by atoms with E-state index in [0.717, 1.165) is 15.4 Å². The minimum absolute atomic E-state index is 0.0180. The number of sulfonamides is 1. The number of ether oxygens (including phenoxy) is 2. The minimum atomic E-state index is -4.16. The molecule has 8 heteroatoms. The zero-order chi connectivity index (χ0) is 24.0.